The summed E-state index contributed by atoms with van der Waals surface area (Å²) in [7, 11) is -4.37. The quantitative estimate of drug-likeness (QED) is 0.0811. The van der Waals surface area contributed by atoms with Crippen LogP contribution in [0.1, 0.15) is 129 Å². The van der Waals surface area contributed by atoms with Gasteiger partial charge >= 0.3 is 10.4 Å². The minimum atomic E-state index is -4.37. The average Bonchev–Trinajstić information content (AvgIpc) is 2.67. The first-order valence-corrected chi connectivity index (χ1v) is 13.4. The van der Waals surface area contributed by atoms with Crippen molar-refractivity contribution in [2.75, 3.05) is 0 Å². The van der Waals surface area contributed by atoms with E-state index >= 15 is 0 Å². The Morgan fingerprint density at radius 1 is 0.621 bits per heavy atom. The second-order valence-corrected chi connectivity index (χ2v) is 9.13. The summed E-state index contributed by atoms with van der Waals surface area (Å²) in [6.07, 6.45) is 32.0. The Kier molecular flexibility index (Phi) is 21.3. The highest BCUT2D eigenvalue weighted by molar-refractivity contribution is 7.81. The Balaban J connectivity index is 3.15. The molecule has 0 amide bonds. The van der Waals surface area contributed by atoms with Gasteiger partial charge in [-0.25, -0.2) is 0 Å². The summed E-state index contributed by atoms with van der Waals surface area (Å²) >= 11 is 0. The summed E-state index contributed by atoms with van der Waals surface area (Å²) in [6.45, 7) is 2.28. The molecule has 0 saturated heterocycles. The normalized spacial score (nSPS) is 12.3. The molecule has 0 aromatic heterocycles. The van der Waals surface area contributed by atoms with Crippen molar-refractivity contribution in [3.63, 3.8) is 0 Å². The van der Waals surface area contributed by atoms with Crippen molar-refractivity contribution < 1.29 is 17.2 Å². The molecule has 0 aliphatic carbocycles. The van der Waals surface area contributed by atoms with Crippen LogP contribution in [0.15, 0.2) is 24.5 Å². The number of allylic oxidation sites excluding steroid dienone is 3. The smallest absolute Gasteiger partial charge is 0.370 e. The highest BCUT2D eigenvalue weighted by atomic mass is 32.3. The van der Waals surface area contributed by atoms with Gasteiger partial charge in [-0.3, -0.25) is 4.55 Å². The lowest BCUT2D eigenvalue weighted by atomic mass is 10.0. The molecule has 0 bridgehead atoms. The molecule has 0 rings (SSSR count). The van der Waals surface area contributed by atoms with Gasteiger partial charge in [-0.2, -0.15) is 8.42 Å². The molecule has 4 nitrogen and oxygen atoms in total. The molecule has 0 aliphatic heterocycles. The molecule has 0 spiro atoms. The molecule has 0 aromatic rings. The van der Waals surface area contributed by atoms with Crippen LogP contribution >= 0.6 is 0 Å². The van der Waals surface area contributed by atoms with Gasteiger partial charge in [0.05, 0.1) is 0 Å². The standard InChI is InChI=1S/C24H46O4S/c1-2-3-4-5-6-7-8-9-10-11-12-13-14-15-16-17-18-19-20-21-22-23-24-28-29(25,26)27/h21-24H,2-20H2,1H3,(H,25,26,27). The second kappa shape index (κ2) is 21.9. The van der Waals surface area contributed by atoms with Crippen molar-refractivity contribution in [2.45, 2.75) is 129 Å². The van der Waals surface area contributed by atoms with E-state index in [2.05, 4.69) is 11.1 Å². The maximum Gasteiger partial charge on any atom is 0.445 e. The van der Waals surface area contributed by atoms with Gasteiger partial charge in [-0.05, 0) is 18.9 Å². The van der Waals surface area contributed by atoms with Crippen molar-refractivity contribution in [1.29, 1.82) is 0 Å². The number of hydrogen-bond acceptors (Lipinski definition) is 3. The number of unbranched alkanes of at least 4 members (excludes halogenated alkanes) is 18. The van der Waals surface area contributed by atoms with Crippen molar-refractivity contribution in [2.24, 2.45) is 0 Å². The molecule has 0 aliphatic rings. The Labute approximate surface area is 181 Å². The summed E-state index contributed by atoms with van der Waals surface area (Å²) in [4.78, 5) is 0. The molecule has 5 heteroatoms. The van der Waals surface area contributed by atoms with E-state index in [1.165, 1.54) is 115 Å². The van der Waals surface area contributed by atoms with Gasteiger partial charge in [0, 0.05) is 0 Å². The maximum atomic E-state index is 10.3. The van der Waals surface area contributed by atoms with Crippen LogP contribution < -0.4 is 0 Å². The molecule has 0 heterocycles. The van der Waals surface area contributed by atoms with E-state index in [4.69, 9.17) is 4.55 Å². The predicted molar refractivity (Wildman–Crippen MR) is 124 cm³/mol. The molecule has 0 saturated carbocycles. The first-order chi connectivity index (χ1) is 14.1. The SMILES string of the molecule is CCCCCCCCCCCCCCCCCCCCC=CC=COS(=O)(=O)O. The zero-order chi connectivity index (χ0) is 21.5. The third kappa shape index (κ3) is 27.2. The molecule has 29 heavy (non-hydrogen) atoms. The summed E-state index contributed by atoms with van der Waals surface area (Å²) in [5.41, 5.74) is 0. The topological polar surface area (TPSA) is 63.6 Å². The first kappa shape index (κ1) is 28.2. The van der Waals surface area contributed by atoms with E-state index in [1.54, 1.807) is 6.08 Å². The Hall–Kier alpha value is -0.810. The van der Waals surface area contributed by atoms with Crippen molar-refractivity contribution in [1.82, 2.24) is 0 Å². The van der Waals surface area contributed by atoms with Gasteiger partial charge in [-0.1, -0.05) is 128 Å². The fourth-order valence-electron chi connectivity index (χ4n) is 3.49. The van der Waals surface area contributed by atoms with Crippen LogP contribution in [0.3, 0.4) is 0 Å². The van der Waals surface area contributed by atoms with Crippen LogP contribution in [0.2, 0.25) is 0 Å². The maximum absolute atomic E-state index is 10.3. The number of rotatable bonds is 22. The van der Waals surface area contributed by atoms with Crippen LogP contribution in [-0.2, 0) is 14.6 Å². The third-order valence-corrected chi connectivity index (χ3v) is 5.58. The largest absolute Gasteiger partial charge is 0.445 e. The molecular weight excluding hydrogens is 384 g/mol. The zero-order valence-corrected chi connectivity index (χ0v) is 19.6. The van der Waals surface area contributed by atoms with Crippen LogP contribution in [0.5, 0.6) is 0 Å². The lowest BCUT2D eigenvalue weighted by molar-refractivity contribution is 0.356. The lowest BCUT2D eigenvalue weighted by Crippen LogP contribution is -1.96. The lowest BCUT2D eigenvalue weighted by Gasteiger charge is -2.03. The summed E-state index contributed by atoms with van der Waals surface area (Å²) in [5, 5.41) is 0. The Morgan fingerprint density at radius 2 is 1.00 bits per heavy atom. The van der Waals surface area contributed by atoms with Crippen LogP contribution in [0.4, 0.5) is 0 Å². The third-order valence-electron chi connectivity index (χ3n) is 5.23. The monoisotopic (exact) mass is 430 g/mol. The molecule has 0 radical (unpaired) electrons. The van der Waals surface area contributed by atoms with Gasteiger partial charge in [0.1, 0.15) is 6.26 Å². The van der Waals surface area contributed by atoms with Crippen molar-refractivity contribution >= 4 is 10.4 Å². The minimum Gasteiger partial charge on any atom is -0.370 e. The zero-order valence-electron chi connectivity index (χ0n) is 18.8. The number of hydrogen-bond donors (Lipinski definition) is 1. The van der Waals surface area contributed by atoms with E-state index in [0.29, 0.717) is 0 Å². The van der Waals surface area contributed by atoms with Gasteiger partial charge < -0.3 is 4.18 Å². The second-order valence-electron chi connectivity index (χ2n) is 8.08. The van der Waals surface area contributed by atoms with Gasteiger partial charge in [-0.15, -0.1) is 0 Å². The minimum absolute atomic E-state index is 0.960. The fraction of sp³-hybridized carbons (Fsp3) is 0.833. The van der Waals surface area contributed by atoms with E-state index in [9.17, 15) is 8.42 Å². The van der Waals surface area contributed by atoms with Crippen molar-refractivity contribution in [3.8, 4) is 0 Å². The van der Waals surface area contributed by atoms with Gasteiger partial charge in [0.25, 0.3) is 0 Å². The summed E-state index contributed by atoms with van der Waals surface area (Å²) < 4.78 is 33.0. The molecule has 1 N–H and O–H groups in total. The predicted octanol–water partition coefficient (Wildman–Crippen LogP) is 8.31. The highest BCUT2D eigenvalue weighted by Gasteiger charge is 1.98. The van der Waals surface area contributed by atoms with Crippen LogP contribution in [0, 0.1) is 0 Å². The molecule has 0 atom stereocenters. The van der Waals surface area contributed by atoms with Crippen LogP contribution in [-0.4, -0.2) is 13.0 Å². The van der Waals surface area contributed by atoms with Crippen molar-refractivity contribution in [3.05, 3.63) is 24.5 Å². The molecule has 0 unspecified atom stereocenters. The van der Waals surface area contributed by atoms with E-state index < -0.39 is 10.4 Å². The molecule has 0 aromatic carbocycles. The Morgan fingerprint density at radius 3 is 1.38 bits per heavy atom. The summed E-state index contributed by atoms with van der Waals surface area (Å²) in [5.74, 6) is 0. The molecule has 0 fully saturated rings. The Bertz CT molecular complexity index is 483. The molecular formula is C24H46O4S. The fourth-order valence-corrected chi connectivity index (χ4v) is 3.69. The summed E-state index contributed by atoms with van der Waals surface area (Å²) in [6, 6.07) is 0. The molecule has 172 valence electrons. The van der Waals surface area contributed by atoms with Gasteiger partial charge in [0.15, 0.2) is 0 Å². The van der Waals surface area contributed by atoms with E-state index in [-0.39, 0.29) is 0 Å². The van der Waals surface area contributed by atoms with Gasteiger partial charge in [0.2, 0.25) is 0 Å². The average molecular weight is 431 g/mol. The van der Waals surface area contributed by atoms with E-state index in [0.717, 1.165) is 19.1 Å². The van der Waals surface area contributed by atoms with E-state index in [1.807, 2.05) is 6.08 Å². The van der Waals surface area contributed by atoms with Crippen LogP contribution in [0.25, 0.3) is 0 Å². The highest BCUT2D eigenvalue weighted by Crippen LogP contribution is 2.14. The first-order valence-electron chi connectivity index (χ1n) is 12.0.